The Morgan fingerprint density at radius 1 is 1.09 bits per heavy atom. The maximum absolute atomic E-state index is 14.3. The number of piperidine rings is 1. The lowest BCUT2D eigenvalue weighted by atomic mass is 9.82. The number of anilines is 1. The van der Waals surface area contributed by atoms with E-state index in [1.807, 2.05) is 24.3 Å². The number of amides is 1. The van der Waals surface area contributed by atoms with Crippen LogP contribution in [-0.2, 0) is 0 Å². The van der Waals surface area contributed by atoms with Crippen LogP contribution in [0, 0.1) is 11.7 Å². The molecule has 3 heterocycles. The van der Waals surface area contributed by atoms with Crippen molar-refractivity contribution in [1.82, 2.24) is 9.88 Å². The second kappa shape index (κ2) is 10.5. The summed E-state index contributed by atoms with van der Waals surface area (Å²) in [7, 11) is 0. The van der Waals surface area contributed by atoms with E-state index in [1.165, 1.54) is 12.3 Å². The smallest absolute Gasteiger partial charge is 0.258 e. The number of halogens is 3. The molecule has 7 heteroatoms. The van der Waals surface area contributed by atoms with Gasteiger partial charge >= 0.3 is 0 Å². The largest absolute Gasteiger partial charge is 0.307 e. The van der Waals surface area contributed by atoms with Crippen molar-refractivity contribution in [2.24, 2.45) is 5.92 Å². The standard InChI is InChI=1S/C28H26Cl2FN3O/c29-22-7-5-19(6-8-22)3-1-13-33-14-2-4-21(17-33)25-18-34(26-10-9-23(31)16-24(25)26)28(35)20-11-12-32-27(30)15-20/h1,3,5-12,15-16,21,25H,2,4,13-14,17-18H2. The van der Waals surface area contributed by atoms with E-state index in [9.17, 15) is 9.18 Å². The number of rotatable bonds is 5. The second-order valence-electron chi connectivity index (χ2n) is 9.21. The summed E-state index contributed by atoms with van der Waals surface area (Å²) >= 11 is 12.0. The van der Waals surface area contributed by atoms with Crippen LogP contribution in [0.4, 0.5) is 10.1 Å². The molecule has 3 aromatic rings. The van der Waals surface area contributed by atoms with Crippen LogP contribution in [0.2, 0.25) is 10.2 Å². The van der Waals surface area contributed by atoms with Gasteiger partial charge in [-0.05, 0) is 78.9 Å². The number of nitrogens with zero attached hydrogens (tertiary/aromatic N) is 3. The van der Waals surface area contributed by atoms with E-state index in [-0.39, 0.29) is 22.8 Å². The molecule has 0 aliphatic carbocycles. The Bertz CT molecular complexity index is 1250. The summed E-state index contributed by atoms with van der Waals surface area (Å²) < 4.78 is 14.3. The molecular formula is C28H26Cl2FN3O. The number of hydrogen-bond donors (Lipinski definition) is 0. The highest BCUT2D eigenvalue weighted by molar-refractivity contribution is 6.30. The Balaban J connectivity index is 1.32. The van der Waals surface area contributed by atoms with E-state index >= 15 is 0 Å². The molecule has 4 nitrogen and oxygen atoms in total. The highest BCUT2D eigenvalue weighted by Gasteiger charge is 2.39. The Labute approximate surface area is 215 Å². The number of carbonyl (C=O) groups is 1. The SMILES string of the molecule is O=C(c1ccnc(Cl)c1)N1CC(C2CCCN(CC=Cc3ccc(Cl)cc3)C2)c2cc(F)ccc21. The van der Waals surface area contributed by atoms with Crippen LogP contribution >= 0.6 is 23.2 Å². The first-order chi connectivity index (χ1) is 17.0. The van der Waals surface area contributed by atoms with Crippen molar-refractivity contribution < 1.29 is 9.18 Å². The minimum absolute atomic E-state index is 0.0880. The third-order valence-electron chi connectivity index (χ3n) is 6.93. The van der Waals surface area contributed by atoms with Gasteiger partial charge in [0, 0.05) is 48.0 Å². The van der Waals surface area contributed by atoms with Gasteiger partial charge in [-0.3, -0.25) is 9.69 Å². The molecule has 0 bridgehead atoms. The predicted octanol–water partition coefficient (Wildman–Crippen LogP) is 6.70. The van der Waals surface area contributed by atoms with Gasteiger partial charge in [-0.15, -0.1) is 0 Å². The molecule has 0 spiro atoms. The Hall–Kier alpha value is -2.73. The number of likely N-dealkylation sites (tertiary alicyclic amines) is 1. The highest BCUT2D eigenvalue weighted by Crippen LogP contribution is 2.44. The number of aromatic nitrogens is 1. The van der Waals surface area contributed by atoms with Crippen LogP contribution < -0.4 is 4.90 Å². The summed E-state index contributed by atoms with van der Waals surface area (Å²) in [5.74, 6) is 0.0221. The third-order valence-corrected chi connectivity index (χ3v) is 7.39. The molecule has 0 radical (unpaired) electrons. The van der Waals surface area contributed by atoms with Gasteiger partial charge in [0.1, 0.15) is 11.0 Å². The van der Waals surface area contributed by atoms with Gasteiger partial charge in [-0.2, -0.15) is 0 Å². The average Bonchev–Trinajstić information content (AvgIpc) is 3.23. The normalized spacial score (nSPS) is 20.4. The molecule has 2 aliphatic heterocycles. The molecular weight excluding hydrogens is 484 g/mol. The van der Waals surface area contributed by atoms with Gasteiger partial charge < -0.3 is 4.90 Å². The molecule has 5 rings (SSSR count). The van der Waals surface area contributed by atoms with Gasteiger partial charge in [-0.1, -0.05) is 47.5 Å². The average molecular weight is 510 g/mol. The van der Waals surface area contributed by atoms with Crippen molar-refractivity contribution in [2.45, 2.75) is 18.8 Å². The van der Waals surface area contributed by atoms with E-state index in [1.54, 1.807) is 29.2 Å². The molecule has 1 fully saturated rings. The lowest BCUT2D eigenvalue weighted by molar-refractivity contribution is 0.0984. The number of carbonyl (C=O) groups excluding carboxylic acids is 1. The topological polar surface area (TPSA) is 36.4 Å². The van der Waals surface area contributed by atoms with Crippen LogP contribution in [0.25, 0.3) is 6.08 Å². The fraction of sp³-hybridized carbons (Fsp3) is 0.286. The number of hydrogen-bond acceptors (Lipinski definition) is 3. The van der Waals surface area contributed by atoms with Gasteiger partial charge in [0.2, 0.25) is 0 Å². The zero-order chi connectivity index (χ0) is 24.4. The number of pyridine rings is 1. The quantitative estimate of drug-likeness (QED) is 0.359. The highest BCUT2D eigenvalue weighted by atomic mass is 35.5. The third kappa shape index (κ3) is 5.43. The van der Waals surface area contributed by atoms with E-state index in [0.29, 0.717) is 18.0 Å². The van der Waals surface area contributed by atoms with Crippen molar-refractivity contribution >= 4 is 40.9 Å². The van der Waals surface area contributed by atoms with Crippen molar-refractivity contribution in [3.05, 3.63) is 99.6 Å². The summed E-state index contributed by atoms with van der Waals surface area (Å²) in [6.45, 7) is 3.33. The molecule has 180 valence electrons. The summed E-state index contributed by atoms with van der Waals surface area (Å²) in [6, 6.07) is 15.8. The fourth-order valence-corrected chi connectivity index (χ4v) is 5.55. The van der Waals surface area contributed by atoms with Gasteiger partial charge in [0.25, 0.3) is 5.91 Å². The van der Waals surface area contributed by atoms with Gasteiger partial charge in [0.15, 0.2) is 0 Å². The molecule has 2 aliphatic rings. The minimum atomic E-state index is -0.270. The summed E-state index contributed by atoms with van der Waals surface area (Å²) in [5, 5.41) is 1.01. The maximum Gasteiger partial charge on any atom is 0.258 e. The summed E-state index contributed by atoms with van der Waals surface area (Å²) in [5.41, 5.74) is 3.31. The van der Waals surface area contributed by atoms with Crippen LogP contribution in [0.15, 0.2) is 66.9 Å². The molecule has 0 saturated carbocycles. The Kier molecular flexibility index (Phi) is 7.19. The lowest BCUT2D eigenvalue weighted by Crippen LogP contribution is -2.39. The number of fused-ring (bicyclic) bond motifs is 1. The second-order valence-corrected chi connectivity index (χ2v) is 10.0. The van der Waals surface area contributed by atoms with Crippen molar-refractivity contribution in [1.29, 1.82) is 0 Å². The summed E-state index contributed by atoms with van der Waals surface area (Å²) in [4.78, 5) is 21.5. The van der Waals surface area contributed by atoms with Crippen LogP contribution in [-0.4, -0.2) is 42.0 Å². The van der Waals surface area contributed by atoms with Gasteiger partial charge in [0.05, 0.1) is 0 Å². The molecule has 1 amide bonds. The van der Waals surface area contributed by atoms with Crippen LogP contribution in [0.5, 0.6) is 0 Å². The maximum atomic E-state index is 14.3. The van der Waals surface area contributed by atoms with Gasteiger partial charge in [-0.25, -0.2) is 9.37 Å². The summed E-state index contributed by atoms with van der Waals surface area (Å²) in [6.07, 6.45) is 7.96. The molecule has 1 aromatic heterocycles. The first-order valence-electron chi connectivity index (χ1n) is 11.9. The van der Waals surface area contributed by atoms with Crippen molar-refractivity contribution in [3.8, 4) is 0 Å². The molecule has 1 saturated heterocycles. The van der Waals surface area contributed by atoms with E-state index in [0.717, 1.165) is 54.3 Å². The zero-order valence-corrected chi connectivity index (χ0v) is 20.7. The molecule has 35 heavy (non-hydrogen) atoms. The minimum Gasteiger partial charge on any atom is -0.307 e. The lowest BCUT2D eigenvalue weighted by Gasteiger charge is -2.35. The monoisotopic (exact) mass is 509 g/mol. The van der Waals surface area contributed by atoms with Crippen molar-refractivity contribution in [3.63, 3.8) is 0 Å². The number of benzene rings is 2. The first kappa shape index (κ1) is 24.0. The van der Waals surface area contributed by atoms with Crippen LogP contribution in [0.1, 0.15) is 40.2 Å². The van der Waals surface area contributed by atoms with E-state index < -0.39 is 0 Å². The first-order valence-corrected chi connectivity index (χ1v) is 12.6. The van der Waals surface area contributed by atoms with E-state index in [4.69, 9.17) is 23.2 Å². The molecule has 2 unspecified atom stereocenters. The van der Waals surface area contributed by atoms with E-state index in [2.05, 4.69) is 22.0 Å². The molecule has 2 aromatic carbocycles. The zero-order valence-electron chi connectivity index (χ0n) is 19.2. The fourth-order valence-electron chi connectivity index (χ4n) is 5.25. The van der Waals surface area contributed by atoms with Crippen LogP contribution in [0.3, 0.4) is 0 Å². The Morgan fingerprint density at radius 2 is 1.91 bits per heavy atom. The Morgan fingerprint density at radius 3 is 2.71 bits per heavy atom. The van der Waals surface area contributed by atoms with Crippen molar-refractivity contribution in [2.75, 3.05) is 31.1 Å². The molecule has 2 atom stereocenters. The molecule has 0 N–H and O–H groups in total. The predicted molar refractivity (Wildman–Crippen MR) is 140 cm³/mol.